The first-order valence-corrected chi connectivity index (χ1v) is 27.3. The van der Waals surface area contributed by atoms with Crippen molar-refractivity contribution < 1.29 is 52.5 Å². The summed E-state index contributed by atoms with van der Waals surface area (Å²) >= 11 is 0. The minimum absolute atomic E-state index is 0.236. The highest BCUT2D eigenvalue weighted by molar-refractivity contribution is 5.19. The van der Waals surface area contributed by atoms with E-state index in [0.717, 1.165) is 38.9 Å². The quantitative estimate of drug-likeness (QED) is 0.0453. The topological polar surface area (TPSA) is 113 Å². The fourth-order valence-corrected chi connectivity index (χ4v) is 10.0. The second kappa shape index (κ2) is 30.8. The smallest absolute Gasteiger partial charge is 0.186 e. The fraction of sp³-hybridized carbons (Fsp3) is 0.343. The van der Waals surface area contributed by atoms with Crippen molar-refractivity contribution >= 4 is 0 Å². The van der Waals surface area contributed by atoms with Crippen molar-refractivity contribution in [1.29, 1.82) is 0 Å². The maximum absolute atomic E-state index is 12.0. The molecule has 2 fully saturated rings. The van der Waals surface area contributed by atoms with Crippen molar-refractivity contribution in [2.75, 3.05) is 13.7 Å². The molecule has 11 nitrogen and oxygen atoms in total. The van der Waals surface area contributed by atoms with E-state index in [1.54, 1.807) is 7.11 Å². The molecule has 0 amide bonds. The predicted octanol–water partition coefficient (Wildman–Crippen LogP) is 11.9. The Morgan fingerprint density at radius 1 is 0.372 bits per heavy atom. The normalized spacial score (nSPS) is 23.8. The fourth-order valence-electron chi connectivity index (χ4n) is 10.0. The highest BCUT2D eigenvalue weighted by Gasteiger charge is 2.50. The van der Waals surface area contributed by atoms with Crippen LogP contribution < -0.4 is 0 Å². The number of hydrogen-bond acceptors (Lipinski definition) is 11. The Kier molecular flexibility index (Phi) is 22.4. The first kappa shape index (κ1) is 56.6. The first-order chi connectivity index (χ1) is 38.6. The van der Waals surface area contributed by atoms with E-state index in [2.05, 4.69) is 54.6 Å². The molecule has 2 heterocycles. The zero-order valence-electron chi connectivity index (χ0n) is 44.5. The molecule has 9 rings (SSSR count). The van der Waals surface area contributed by atoms with Crippen LogP contribution in [0.2, 0.25) is 0 Å². The van der Waals surface area contributed by atoms with E-state index >= 15 is 0 Å². The van der Waals surface area contributed by atoms with Crippen LogP contribution in [0, 0.1) is 0 Å². The van der Waals surface area contributed by atoms with Gasteiger partial charge in [0.2, 0.25) is 0 Å². The number of aliphatic hydroxyl groups excluding tert-OH is 1. The summed E-state index contributed by atoms with van der Waals surface area (Å²) in [4.78, 5) is 0. The van der Waals surface area contributed by atoms with Crippen LogP contribution in [-0.4, -0.2) is 86.2 Å². The summed E-state index contributed by atoms with van der Waals surface area (Å²) in [7, 11) is 1.61. The number of rotatable bonds is 29. The van der Waals surface area contributed by atoms with Crippen molar-refractivity contribution in [2.24, 2.45) is 0 Å². The minimum Gasteiger partial charge on any atom is -0.393 e. The Morgan fingerprint density at radius 3 is 1.08 bits per heavy atom. The number of hydrogen-bond donors (Lipinski definition) is 1. The van der Waals surface area contributed by atoms with Gasteiger partial charge in [-0.3, -0.25) is 0 Å². The Bertz CT molecular complexity index is 2720. The van der Waals surface area contributed by atoms with Crippen molar-refractivity contribution in [2.45, 2.75) is 133 Å². The highest BCUT2D eigenvalue weighted by Crippen LogP contribution is 2.35. The molecule has 1 N–H and O–H groups in total. The van der Waals surface area contributed by atoms with Gasteiger partial charge in [-0.25, -0.2) is 0 Å². The molecule has 2 aliphatic rings. The number of ether oxygens (including phenoxy) is 10. The van der Waals surface area contributed by atoms with Crippen LogP contribution in [0.4, 0.5) is 0 Å². The molecule has 408 valence electrons. The van der Waals surface area contributed by atoms with Gasteiger partial charge in [-0.2, -0.15) is 0 Å². The zero-order chi connectivity index (χ0) is 53.4. The van der Waals surface area contributed by atoms with Crippen LogP contribution in [0.5, 0.6) is 0 Å². The summed E-state index contributed by atoms with van der Waals surface area (Å²) < 4.78 is 67.5. The molecular weight excluding hydrogens is 981 g/mol. The molecule has 7 aromatic rings. The van der Waals surface area contributed by atoms with E-state index in [1.807, 2.05) is 170 Å². The van der Waals surface area contributed by atoms with E-state index in [9.17, 15) is 5.11 Å². The second-order valence-corrected chi connectivity index (χ2v) is 19.9. The third-order valence-electron chi connectivity index (χ3n) is 14.1. The van der Waals surface area contributed by atoms with Gasteiger partial charge in [-0.15, -0.1) is 0 Å². The molecule has 0 aliphatic carbocycles. The Labute approximate surface area is 460 Å². The van der Waals surface area contributed by atoms with E-state index in [0.29, 0.717) is 59.1 Å². The molecule has 0 unspecified atom stereocenters. The SMILES string of the molecule is CO[C@H]1O[C@H](C[C@H](O)C/C=C/C[C@H]2O[C@H](COCc3ccccc3)[C@H](OCc3ccccc3)[C@H](OCc3ccccc3)[C@H]2OCc2ccccc2)[C@@H](OCc2ccccc2)[C@H](OCc2ccccc2)[C@H]1OCc1ccccc1. The van der Waals surface area contributed by atoms with Gasteiger partial charge in [0.05, 0.1) is 71.2 Å². The lowest BCUT2D eigenvalue weighted by molar-refractivity contribution is -0.320. The predicted molar refractivity (Wildman–Crippen MR) is 300 cm³/mol. The van der Waals surface area contributed by atoms with Crippen LogP contribution in [0.3, 0.4) is 0 Å². The lowest BCUT2D eigenvalue weighted by Gasteiger charge is -2.46. The summed E-state index contributed by atoms with van der Waals surface area (Å²) in [6, 6.07) is 70.6. The average Bonchev–Trinajstić information content (AvgIpc) is 3.58. The first-order valence-electron chi connectivity index (χ1n) is 27.3. The van der Waals surface area contributed by atoms with E-state index in [1.165, 1.54) is 0 Å². The third-order valence-corrected chi connectivity index (χ3v) is 14.1. The average molecular weight is 1060 g/mol. The molecule has 2 saturated heterocycles. The number of methoxy groups -OCH3 is 1. The maximum atomic E-state index is 12.0. The van der Waals surface area contributed by atoms with Gasteiger partial charge in [-0.05, 0) is 51.8 Å². The summed E-state index contributed by atoms with van der Waals surface area (Å²) in [5, 5.41) is 12.0. The van der Waals surface area contributed by atoms with Gasteiger partial charge >= 0.3 is 0 Å². The largest absolute Gasteiger partial charge is 0.393 e. The standard InChI is InChI=1S/C67H74O11/c1-69-67-66(76-48-56-37-21-8-22-38-56)65(75-47-55-35-19-7-20-36-55)62(72-44-52-29-13-4-14-30-52)59(78-67)41-57(68)39-23-24-40-58-61(71-43-51-27-11-3-12-28-51)64(74-46-54-33-17-6-18-34-54)63(73-45-53-31-15-5-16-32-53)60(77-58)49-70-42-50-25-9-2-10-26-50/h2-38,57-68H,39-49H2,1H3/b24-23+/t57-,58-,59-,60-,61+,62-,63+,64-,65+,66-,67+/m1/s1. The minimum atomic E-state index is -0.822. The van der Waals surface area contributed by atoms with E-state index < -0.39 is 67.3 Å². The Balaban J connectivity index is 0.952. The lowest BCUT2D eigenvalue weighted by Crippen LogP contribution is -2.61. The monoisotopic (exact) mass is 1050 g/mol. The molecular formula is C67H74O11. The van der Waals surface area contributed by atoms with Gasteiger partial charge < -0.3 is 52.5 Å². The maximum Gasteiger partial charge on any atom is 0.186 e. The van der Waals surface area contributed by atoms with Gasteiger partial charge in [0.1, 0.15) is 42.7 Å². The molecule has 2 aliphatic heterocycles. The molecule has 0 aromatic heterocycles. The van der Waals surface area contributed by atoms with Crippen molar-refractivity contribution in [3.63, 3.8) is 0 Å². The summed E-state index contributed by atoms with van der Waals surface area (Å²) in [6.45, 7) is 2.63. The van der Waals surface area contributed by atoms with E-state index in [-0.39, 0.29) is 13.0 Å². The molecule has 11 atom stereocenters. The summed E-state index contributed by atoms with van der Waals surface area (Å²) in [5.41, 5.74) is 7.17. The molecule has 11 heteroatoms. The van der Waals surface area contributed by atoms with Crippen molar-refractivity contribution in [3.05, 3.63) is 263 Å². The van der Waals surface area contributed by atoms with Crippen LogP contribution in [0.1, 0.15) is 58.2 Å². The molecule has 0 spiro atoms. The van der Waals surface area contributed by atoms with Crippen molar-refractivity contribution in [3.8, 4) is 0 Å². The third kappa shape index (κ3) is 17.2. The number of aliphatic hydroxyl groups is 1. The molecule has 0 saturated carbocycles. The molecule has 0 bridgehead atoms. The Hall–Kier alpha value is -6.16. The molecule has 0 radical (unpaired) electrons. The van der Waals surface area contributed by atoms with Crippen LogP contribution in [-0.2, 0) is 93.6 Å². The highest BCUT2D eigenvalue weighted by atomic mass is 16.7. The van der Waals surface area contributed by atoms with Crippen LogP contribution >= 0.6 is 0 Å². The molecule has 7 aromatic carbocycles. The lowest BCUT2D eigenvalue weighted by atomic mass is 9.91. The second-order valence-electron chi connectivity index (χ2n) is 19.9. The van der Waals surface area contributed by atoms with E-state index in [4.69, 9.17) is 47.4 Å². The van der Waals surface area contributed by atoms with Crippen molar-refractivity contribution in [1.82, 2.24) is 0 Å². The Morgan fingerprint density at radius 2 is 0.692 bits per heavy atom. The van der Waals surface area contributed by atoms with Gasteiger partial charge in [0.25, 0.3) is 0 Å². The van der Waals surface area contributed by atoms with Gasteiger partial charge in [0.15, 0.2) is 6.29 Å². The number of benzene rings is 7. The summed E-state index contributed by atoms with van der Waals surface area (Å²) in [5.74, 6) is 0. The zero-order valence-corrected chi connectivity index (χ0v) is 44.5. The van der Waals surface area contributed by atoms with Gasteiger partial charge in [-0.1, -0.05) is 224 Å². The van der Waals surface area contributed by atoms with Gasteiger partial charge in [0, 0.05) is 13.5 Å². The van der Waals surface area contributed by atoms with Crippen LogP contribution in [0.25, 0.3) is 0 Å². The molecule has 78 heavy (non-hydrogen) atoms. The van der Waals surface area contributed by atoms with Crippen LogP contribution in [0.15, 0.2) is 224 Å². The summed E-state index contributed by atoms with van der Waals surface area (Å²) in [6.07, 6.45) is -1.71.